The molecule has 0 aliphatic heterocycles. The minimum Gasteiger partial charge on any atom is -0.135 e. The van der Waals surface area contributed by atoms with Gasteiger partial charge in [0, 0.05) is 20.2 Å². The molecule has 8 aromatic rings. The summed E-state index contributed by atoms with van der Waals surface area (Å²) in [6.07, 6.45) is 0. The molecule has 0 aliphatic rings. The highest BCUT2D eigenvalue weighted by Gasteiger charge is 2.20. The fourth-order valence-electron chi connectivity index (χ4n) is 6.01. The molecule has 0 saturated carbocycles. The summed E-state index contributed by atoms with van der Waals surface area (Å²) in [5, 5.41) is 10.7. The van der Waals surface area contributed by atoms with Crippen molar-refractivity contribution >= 4 is 63.8 Å². The van der Waals surface area contributed by atoms with Crippen molar-refractivity contribution in [3.05, 3.63) is 121 Å². The van der Waals surface area contributed by atoms with Crippen molar-refractivity contribution in [2.24, 2.45) is 0 Å². The lowest BCUT2D eigenvalue weighted by Crippen LogP contribution is -1.92. The van der Waals surface area contributed by atoms with Gasteiger partial charge in [0.25, 0.3) is 0 Å². The van der Waals surface area contributed by atoms with Crippen LogP contribution in [0.5, 0.6) is 0 Å². The Labute approximate surface area is 207 Å². The number of hydrogen-bond acceptors (Lipinski definition) is 1. The second-order valence-corrected chi connectivity index (χ2v) is 10.4. The summed E-state index contributed by atoms with van der Waals surface area (Å²) in [5.41, 5.74) is 5.22. The molecule has 0 fully saturated rings. The molecular formula is C34H20S. The predicted octanol–water partition coefficient (Wildman–Crippen LogP) is 10.3. The maximum Gasteiger partial charge on any atom is 0.0361 e. The van der Waals surface area contributed by atoms with Crippen LogP contribution in [0.4, 0.5) is 0 Å². The van der Waals surface area contributed by atoms with Crippen LogP contribution in [0.25, 0.3) is 74.7 Å². The molecule has 0 amide bonds. The summed E-state index contributed by atoms with van der Waals surface area (Å²) in [4.78, 5) is 0. The molecule has 0 radical (unpaired) electrons. The first kappa shape index (κ1) is 19.1. The zero-order valence-electron chi connectivity index (χ0n) is 19.0. The Balaban J connectivity index is 1.62. The van der Waals surface area contributed by atoms with Crippen LogP contribution in [0.3, 0.4) is 0 Å². The van der Waals surface area contributed by atoms with Crippen molar-refractivity contribution in [3.8, 4) is 22.3 Å². The number of thiophene rings is 1. The van der Waals surface area contributed by atoms with E-state index in [0.29, 0.717) is 0 Å². The summed E-state index contributed by atoms with van der Waals surface area (Å²) in [7, 11) is 0. The number of rotatable bonds is 2. The highest BCUT2D eigenvalue weighted by molar-refractivity contribution is 7.26. The van der Waals surface area contributed by atoms with Gasteiger partial charge in [-0.2, -0.15) is 0 Å². The van der Waals surface area contributed by atoms with Gasteiger partial charge in [0.15, 0.2) is 0 Å². The molecule has 1 aromatic heterocycles. The molecule has 0 N–H and O–H groups in total. The number of hydrogen-bond donors (Lipinski definition) is 0. The SMILES string of the molecule is c1ccc(-c2c3ccccc3c(-c3cc4cccc5sc6cccc3c6c45)c3ccccc23)cc1. The average molecular weight is 461 g/mol. The van der Waals surface area contributed by atoms with E-state index < -0.39 is 0 Å². The van der Waals surface area contributed by atoms with Crippen LogP contribution in [0, 0.1) is 0 Å². The van der Waals surface area contributed by atoms with Crippen molar-refractivity contribution in [1.82, 2.24) is 0 Å². The van der Waals surface area contributed by atoms with E-state index in [-0.39, 0.29) is 0 Å². The van der Waals surface area contributed by atoms with Gasteiger partial charge in [-0.1, -0.05) is 103 Å². The van der Waals surface area contributed by atoms with Gasteiger partial charge >= 0.3 is 0 Å². The van der Waals surface area contributed by atoms with E-state index in [1.807, 2.05) is 11.3 Å². The summed E-state index contributed by atoms with van der Waals surface area (Å²) in [6.45, 7) is 0. The Hall–Kier alpha value is -4.20. The maximum absolute atomic E-state index is 2.42. The fourth-order valence-corrected chi connectivity index (χ4v) is 7.18. The summed E-state index contributed by atoms with van der Waals surface area (Å²) >= 11 is 1.90. The van der Waals surface area contributed by atoms with Crippen LogP contribution >= 0.6 is 11.3 Å². The normalized spacial score (nSPS) is 12.0. The first-order valence-corrected chi connectivity index (χ1v) is 12.9. The zero-order valence-corrected chi connectivity index (χ0v) is 19.8. The van der Waals surface area contributed by atoms with Crippen molar-refractivity contribution in [3.63, 3.8) is 0 Å². The maximum atomic E-state index is 2.42. The van der Waals surface area contributed by atoms with Crippen molar-refractivity contribution in [1.29, 1.82) is 0 Å². The molecule has 0 nitrogen and oxygen atoms in total. The quantitative estimate of drug-likeness (QED) is 0.178. The third-order valence-corrected chi connectivity index (χ3v) is 8.53. The van der Waals surface area contributed by atoms with Crippen LogP contribution < -0.4 is 0 Å². The lowest BCUT2D eigenvalue weighted by atomic mass is 9.84. The van der Waals surface area contributed by atoms with Crippen LogP contribution in [-0.4, -0.2) is 0 Å². The Morgan fingerprint density at radius 2 is 0.943 bits per heavy atom. The molecule has 1 heterocycles. The second kappa shape index (κ2) is 7.15. The largest absolute Gasteiger partial charge is 0.135 e. The smallest absolute Gasteiger partial charge is 0.0361 e. The Kier molecular flexibility index (Phi) is 3.91. The van der Waals surface area contributed by atoms with Gasteiger partial charge in [-0.25, -0.2) is 0 Å². The van der Waals surface area contributed by atoms with Gasteiger partial charge in [0.2, 0.25) is 0 Å². The van der Waals surface area contributed by atoms with Crippen molar-refractivity contribution in [2.75, 3.05) is 0 Å². The van der Waals surface area contributed by atoms with Crippen LogP contribution in [0.1, 0.15) is 0 Å². The standard InChI is InChI=1S/C34H20S/c1-2-10-21(11-3-1)31-23-13-4-6-15-25(23)33(26-16-7-5-14-24(26)31)28-20-22-12-8-18-29-32(22)34-27(28)17-9-19-30(34)35-29/h1-20H. The first-order valence-electron chi connectivity index (χ1n) is 12.0. The van der Waals surface area contributed by atoms with Crippen LogP contribution in [-0.2, 0) is 0 Å². The third kappa shape index (κ3) is 2.62. The Morgan fingerprint density at radius 3 is 1.63 bits per heavy atom. The Morgan fingerprint density at radius 1 is 0.400 bits per heavy atom. The fraction of sp³-hybridized carbons (Fsp3) is 0. The highest BCUT2D eigenvalue weighted by Crippen LogP contribution is 2.49. The van der Waals surface area contributed by atoms with Gasteiger partial charge in [-0.15, -0.1) is 11.3 Å². The van der Waals surface area contributed by atoms with E-state index in [0.717, 1.165) is 0 Å². The molecule has 162 valence electrons. The minimum atomic E-state index is 1.26. The van der Waals surface area contributed by atoms with E-state index in [1.165, 1.54) is 74.7 Å². The molecule has 8 rings (SSSR count). The van der Waals surface area contributed by atoms with E-state index in [4.69, 9.17) is 0 Å². The molecule has 0 spiro atoms. The molecule has 0 aliphatic carbocycles. The van der Waals surface area contributed by atoms with E-state index in [9.17, 15) is 0 Å². The lowest BCUT2D eigenvalue weighted by Gasteiger charge is -2.19. The van der Waals surface area contributed by atoms with Gasteiger partial charge in [0.1, 0.15) is 0 Å². The summed E-state index contributed by atoms with van der Waals surface area (Å²) in [5.74, 6) is 0. The molecule has 0 unspecified atom stereocenters. The second-order valence-electron chi connectivity index (χ2n) is 9.27. The molecule has 0 saturated heterocycles. The topological polar surface area (TPSA) is 0 Å². The van der Waals surface area contributed by atoms with Gasteiger partial charge in [0.05, 0.1) is 0 Å². The Bertz CT molecular complexity index is 1990. The number of fused-ring (bicyclic) bond motifs is 2. The third-order valence-electron chi connectivity index (χ3n) is 7.41. The lowest BCUT2D eigenvalue weighted by molar-refractivity contribution is 1.67. The van der Waals surface area contributed by atoms with Crippen molar-refractivity contribution in [2.45, 2.75) is 0 Å². The zero-order chi connectivity index (χ0) is 22.9. The molecule has 0 atom stereocenters. The molecule has 35 heavy (non-hydrogen) atoms. The first-order chi connectivity index (χ1) is 17.4. The molecule has 7 aromatic carbocycles. The summed E-state index contributed by atoms with van der Waals surface area (Å²) in [6, 6.07) is 44.6. The number of benzene rings is 7. The summed E-state index contributed by atoms with van der Waals surface area (Å²) < 4.78 is 2.74. The monoisotopic (exact) mass is 460 g/mol. The van der Waals surface area contributed by atoms with E-state index >= 15 is 0 Å². The van der Waals surface area contributed by atoms with Crippen molar-refractivity contribution < 1.29 is 0 Å². The van der Waals surface area contributed by atoms with Crippen LogP contribution in [0.2, 0.25) is 0 Å². The van der Waals surface area contributed by atoms with Crippen LogP contribution in [0.15, 0.2) is 121 Å². The predicted molar refractivity (Wildman–Crippen MR) is 154 cm³/mol. The van der Waals surface area contributed by atoms with Gasteiger partial charge in [-0.05, 0) is 72.8 Å². The molecule has 1 heteroatoms. The van der Waals surface area contributed by atoms with Gasteiger partial charge < -0.3 is 0 Å². The van der Waals surface area contributed by atoms with E-state index in [2.05, 4.69) is 121 Å². The minimum absolute atomic E-state index is 1.26. The van der Waals surface area contributed by atoms with Gasteiger partial charge in [-0.3, -0.25) is 0 Å². The highest BCUT2D eigenvalue weighted by atomic mass is 32.1. The van der Waals surface area contributed by atoms with E-state index in [1.54, 1.807) is 0 Å². The average Bonchev–Trinajstić information content (AvgIpc) is 3.31. The molecule has 0 bridgehead atoms. The molecular weight excluding hydrogens is 440 g/mol.